The fourth-order valence-corrected chi connectivity index (χ4v) is 4.66. The topological polar surface area (TPSA) is 226 Å². The highest BCUT2D eigenvalue weighted by Gasteiger charge is 2.19. The van der Waals surface area contributed by atoms with Crippen molar-refractivity contribution in [3.05, 3.63) is 143 Å². The summed E-state index contributed by atoms with van der Waals surface area (Å²) in [6.45, 7) is 0. The number of hydrogen-bond acceptors (Lipinski definition) is 8. The van der Waals surface area contributed by atoms with Gasteiger partial charge in [-0.2, -0.15) is 0 Å². The molecule has 0 spiro atoms. The number of hydrogen-bond donors (Lipinski definition) is 6. The van der Waals surface area contributed by atoms with Crippen molar-refractivity contribution in [1.82, 2.24) is 0 Å². The van der Waals surface area contributed by atoms with Crippen molar-refractivity contribution in [2.75, 3.05) is 10.6 Å². The summed E-state index contributed by atoms with van der Waals surface area (Å²) in [7, 11) is 0. The Balaban J connectivity index is 1.25. The minimum Gasteiger partial charge on any atom is -0.478 e. The lowest BCUT2D eigenvalue weighted by atomic mass is 10.1. The third kappa shape index (κ3) is 8.08. The number of carbonyl (C=O) groups is 6. The highest BCUT2D eigenvalue weighted by molar-refractivity contribution is 6.09. The van der Waals surface area contributed by atoms with Crippen molar-refractivity contribution >= 4 is 47.1 Å². The second-order valence-corrected chi connectivity index (χ2v) is 10.4. The van der Waals surface area contributed by atoms with Gasteiger partial charge in [0, 0.05) is 34.6 Å². The molecule has 5 aromatic rings. The van der Waals surface area contributed by atoms with Crippen LogP contribution in [-0.2, 0) is 0 Å². The number of ether oxygens (including phenoxy) is 2. The molecule has 0 aliphatic heterocycles. The van der Waals surface area contributed by atoms with E-state index >= 15 is 0 Å². The minimum atomic E-state index is -1.44. The zero-order valence-corrected chi connectivity index (χ0v) is 25.4. The van der Waals surface area contributed by atoms with E-state index in [0.717, 1.165) is 24.3 Å². The molecule has 0 aliphatic rings. The van der Waals surface area contributed by atoms with Crippen molar-refractivity contribution < 1.29 is 58.7 Å². The highest BCUT2D eigenvalue weighted by Crippen LogP contribution is 2.28. The van der Waals surface area contributed by atoms with Crippen LogP contribution in [-0.4, -0.2) is 56.1 Å². The zero-order valence-electron chi connectivity index (χ0n) is 25.4. The molecule has 0 atom stereocenters. The molecule has 0 aromatic heterocycles. The summed E-state index contributed by atoms with van der Waals surface area (Å²) >= 11 is 0. The van der Waals surface area contributed by atoms with Crippen LogP contribution in [0.25, 0.3) is 0 Å². The van der Waals surface area contributed by atoms with Crippen molar-refractivity contribution in [2.45, 2.75) is 0 Å². The molecular formula is C36H24N2O12. The Morgan fingerprint density at radius 3 is 1.14 bits per heavy atom. The third-order valence-electron chi connectivity index (χ3n) is 6.95. The molecule has 2 amide bonds. The summed E-state index contributed by atoms with van der Waals surface area (Å²) in [4.78, 5) is 71.8. The molecule has 0 fully saturated rings. The molecular weight excluding hydrogens is 652 g/mol. The van der Waals surface area contributed by atoms with Crippen LogP contribution in [0, 0.1) is 0 Å². The molecule has 0 saturated heterocycles. The number of amides is 2. The lowest BCUT2D eigenvalue weighted by Gasteiger charge is -2.12. The maximum Gasteiger partial charge on any atom is 0.336 e. The molecule has 0 unspecified atom stereocenters. The van der Waals surface area contributed by atoms with E-state index in [0.29, 0.717) is 11.4 Å². The second-order valence-electron chi connectivity index (χ2n) is 10.4. The van der Waals surface area contributed by atoms with Crippen LogP contribution in [0.2, 0.25) is 0 Å². The van der Waals surface area contributed by atoms with Crippen molar-refractivity contribution in [2.24, 2.45) is 0 Å². The first-order valence-electron chi connectivity index (χ1n) is 14.4. The Kier molecular flexibility index (Phi) is 9.84. The van der Waals surface area contributed by atoms with Gasteiger partial charge in [0.1, 0.15) is 23.0 Å². The van der Waals surface area contributed by atoms with E-state index in [4.69, 9.17) is 9.47 Å². The lowest BCUT2D eigenvalue weighted by molar-refractivity contribution is 0.0651. The van der Waals surface area contributed by atoms with Gasteiger partial charge in [0.05, 0.1) is 22.3 Å². The van der Waals surface area contributed by atoms with Crippen LogP contribution >= 0.6 is 0 Å². The molecule has 5 rings (SSSR count). The van der Waals surface area contributed by atoms with Gasteiger partial charge in [-0.1, -0.05) is 18.2 Å². The quantitative estimate of drug-likeness (QED) is 0.0825. The van der Waals surface area contributed by atoms with Crippen molar-refractivity contribution in [3.63, 3.8) is 0 Å². The average Bonchev–Trinajstić information content (AvgIpc) is 3.08. The smallest absolute Gasteiger partial charge is 0.336 e. The number of carboxylic acid groups (broad SMARTS) is 4. The maximum absolute atomic E-state index is 13.1. The Labute approximate surface area is 281 Å². The largest absolute Gasteiger partial charge is 0.478 e. The highest BCUT2D eigenvalue weighted by atomic mass is 16.5. The summed E-state index contributed by atoms with van der Waals surface area (Å²) < 4.78 is 11.4. The van der Waals surface area contributed by atoms with E-state index in [9.17, 15) is 49.2 Å². The monoisotopic (exact) mass is 676 g/mol. The van der Waals surface area contributed by atoms with E-state index in [1.807, 2.05) is 0 Å². The molecule has 14 heteroatoms. The predicted molar refractivity (Wildman–Crippen MR) is 176 cm³/mol. The first-order valence-corrected chi connectivity index (χ1v) is 14.4. The van der Waals surface area contributed by atoms with E-state index in [1.54, 1.807) is 36.4 Å². The van der Waals surface area contributed by atoms with Gasteiger partial charge < -0.3 is 40.5 Å². The van der Waals surface area contributed by atoms with Gasteiger partial charge in [0.2, 0.25) is 0 Å². The molecule has 50 heavy (non-hydrogen) atoms. The zero-order chi connectivity index (χ0) is 35.9. The Morgan fingerprint density at radius 1 is 0.400 bits per heavy atom. The molecule has 0 radical (unpaired) electrons. The van der Waals surface area contributed by atoms with E-state index in [2.05, 4.69) is 10.6 Å². The third-order valence-corrected chi connectivity index (χ3v) is 6.95. The summed E-state index contributed by atoms with van der Waals surface area (Å²) in [5.41, 5.74) is -0.782. The van der Waals surface area contributed by atoms with Crippen LogP contribution in [0.3, 0.4) is 0 Å². The van der Waals surface area contributed by atoms with Crippen LogP contribution < -0.4 is 20.1 Å². The van der Waals surface area contributed by atoms with Gasteiger partial charge >= 0.3 is 23.9 Å². The molecule has 0 heterocycles. The maximum atomic E-state index is 13.1. The summed E-state index contributed by atoms with van der Waals surface area (Å²) in [5, 5.41) is 42.6. The number of aromatic carboxylic acids is 4. The Morgan fingerprint density at radius 2 is 0.760 bits per heavy atom. The molecule has 6 N–H and O–H groups in total. The summed E-state index contributed by atoms with van der Waals surface area (Å²) in [6.07, 6.45) is 0. The number of rotatable bonds is 12. The number of benzene rings is 5. The SMILES string of the molecule is O=C(Nc1cccc(Oc2ccc(C(=O)O)c(C(=O)O)c2)c1)c1cccc(C(=O)Nc2cccc(Oc3ccc(C(=O)O)c(C(=O)O)c3)c2)c1. The normalized spacial score (nSPS) is 10.4. The number of carboxylic acids is 4. The number of anilines is 2. The lowest BCUT2D eigenvalue weighted by Crippen LogP contribution is -2.15. The fourth-order valence-electron chi connectivity index (χ4n) is 4.66. The molecule has 14 nitrogen and oxygen atoms in total. The van der Waals surface area contributed by atoms with Crippen molar-refractivity contribution in [1.29, 1.82) is 0 Å². The molecule has 250 valence electrons. The number of nitrogens with one attached hydrogen (secondary N) is 2. The van der Waals surface area contributed by atoms with Crippen LogP contribution in [0.15, 0.2) is 109 Å². The average molecular weight is 677 g/mol. The van der Waals surface area contributed by atoms with Gasteiger partial charge in [0.15, 0.2) is 0 Å². The standard InChI is InChI=1S/C36H24N2O12/c39-31(37-21-6-2-8-23(15-21)49-25-10-12-27(33(41)42)29(17-25)35(45)46)19-4-1-5-20(14-19)32(40)38-22-7-3-9-24(16-22)50-26-11-13-28(34(43)44)30(18-26)36(47)48/h1-18H,(H,37,39)(H,38,40)(H,41,42)(H,43,44)(H,45,46)(H,47,48). The van der Waals surface area contributed by atoms with E-state index in [1.165, 1.54) is 48.5 Å². The fraction of sp³-hybridized carbons (Fsp3) is 0. The predicted octanol–water partition coefficient (Wildman–Crippen LogP) is 6.57. The van der Waals surface area contributed by atoms with E-state index < -0.39 is 57.9 Å². The van der Waals surface area contributed by atoms with Gasteiger partial charge in [-0.3, -0.25) is 9.59 Å². The van der Waals surface area contributed by atoms with Gasteiger partial charge in [-0.25, -0.2) is 19.2 Å². The molecule has 0 saturated carbocycles. The van der Waals surface area contributed by atoms with Gasteiger partial charge in [0.25, 0.3) is 11.8 Å². The van der Waals surface area contributed by atoms with Crippen LogP contribution in [0.5, 0.6) is 23.0 Å². The molecule has 0 bridgehead atoms. The van der Waals surface area contributed by atoms with Gasteiger partial charge in [-0.05, 0) is 78.9 Å². The van der Waals surface area contributed by atoms with Crippen LogP contribution in [0.1, 0.15) is 62.1 Å². The summed E-state index contributed by atoms with van der Waals surface area (Å²) in [6, 6.07) is 25.2. The second kappa shape index (κ2) is 14.5. The summed E-state index contributed by atoms with van der Waals surface area (Å²) in [5.74, 6) is -6.21. The van der Waals surface area contributed by atoms with Crippen molar-refractivity contribution in [3.8, 4) is 23.0 Å². The van der Waals surface area contributed by atoms with Gasteiger partial charge in [-0.15, -0.1) is 0 Å². The van der Waals surface area contributed by atoms with E-state index in [-0.39, 0.29) is 34.1 Å². The first-order chi connectivity index (χ1) is 23.9. The molecule has 0 aliphatic carbocycles. The molecule has 5 aromatic carbocycles. The Hall–Kier alpha value is -7.48. The van der Waals surface area contributed by atoms with Crippen LogP contribution in [0.4, 0.5) is 11.4 Å². The minimum absolute atomic E-state index is 0.0633. The first kappa shape index (κ1) is 33.9. The number of carbonyl (C=O) groups excluding carboxylic acids is 2. The Bertz CT molecular complexity index is 2040.